The van der Waals surface area contributed by atoms with E-state index in [1.165, 1.54) is 0 Å². The molecule has 0 aliphatic rings. The van der Waals surface area contributed by atoms with Crippen LogP contribution in [0.2, 0.25) is 5.02 Å². The fourth-order valence-corrected chi connectivity index (χ4v) is 3.23. The van der Waals surface area contributed by atoms with Gasteiger partial charge < -0.3 is 19.8 Å². The number of amides is 2. The predicted octanol–water partition coefficient (Wildman–Crippen LogP) is 4.19. The zero-order chi connectivity index (χ0) is 22.9. The highest BCUT2D eigenvalue weighted by Gasteiger charge is 2.15. The molecule has 8 heteroatoms. The Morgan fingerprint density at radius 3 is 2.44 bits per heavy atom. The molecule has 1 heterocycles. The van der Waals surface area contributed by atoms with Crippen LogP contribution in [-0.2, 0) is 16.1 Å². The number of likely N-dealkylation sites (N-methyl/N-ethyl adjacent to an activating group) is 1. The van der Waals surface area contributed by atoms with E-state index in [9.17, 15) is 9.59 Å². The van der Waals surface area contributed by atoms with Crippen molar-refractivity contribution in [2.45, 2.75) is 13.5 Å². The Labute approximate surface area is 192 Å². The average molecular weight is 456 g/mol. The Hall–Kier alpha value is -3.29. The number of nitrogens with one attached hydrogen (secondary N) is 2. The van der Waals surface area contributed by atoms with Crippen LogP contribution in [0.15, 0.2) is 65.1 Å². The van der Waals surface area contributed by atoms with Crippen LogP contribution in [0.25, 0.3) is 11.3 Å². The van der Waals surface area contributed by atoms with Gasteiger partial charge >= 0.3 is 0 Å². The number of methoxy groups -OCH3 is 1. The smallest absolute Gasteiger partial charge is 0.238 e. The first kappa shape index (κ1) is 23.4. The molecule has 0 bridgehead atoms. The molecule has 32 heavy (non-hydrogen) atoms. The Morgan fingerprint density at radius 2 is 1.72 bits per heavy atom. The molecule has 3 aromatic rings. The highest BCUT2D eigenvalue weighted by molar-refractivity contribution is 6.30. The van der Waals surface area contributed by atoms with Gasteiger partial charge in [0.25, 0.3) is 0 Å². The maximum atomic E-state index is 12.4. The molecule has 0 atom stereocenters. The monoisotopic (exact) mass is 455 g/mol. The maximum Gasteiger partial charge on any atom is 0.238 e. The molecule has 0 spiro atoms. The molecule has 0 aliphatic heterocycles. The number of para-hydroxylation sites is 2. The SMILES string of the molecule is CCN(CC(=O)NCc1ccc(-c2ccc(Cl)cc2)o1)CC(=O)Nc1ccccc1OC. The zero-order valence-electron chi connectivity index (χ0n) is 18.1. The quantitative estimate of drug-likeness (QED) is 0.479. The van der Waals surface area contributed by atoms with Gasteiger partial charge in [-0.1, -0.05) is 30.7 Å². The largest absolute Gasteiger partial charge is 0.495 e. The molecule has 0 saturated carbocycles. The van der Waals surface area contributed by atoms with E-state index in [4.69, 9.17) is 20.8 Å². The highest BCUT2D eigenvalue weighted by Crippen LogP contribution is 2.24. The molecule has 2 aromatic carbocycles. The van der Waals surface area contributed by atoms with E-state index in [0.29, 0.717) is 34.5 Å². The number of rotatable bonds is 10. The van der Waals surface area contributed by atoms with Gasteiger partial charge in [-0.25, -0.2) is 0 Å². The molecule has 0 aliphatic carbocycles. The normalized spacial score (nSPS) is 10.8. The minimum absolute atomic E-state index is 0.0867. The third kappa shape index (κ3) is 6.60. The van der Waals surface area contributed by atoms with Crippen LogP contribution in [0.3, 0.4) is 0 Å². The van der Waals surface area contributed by atoms with Crippen LogP contribution >= 0.6 is 11.6 Å². The van der Waals surface area contributed by atoms with Crippen molar-refractivity contribution in [3.63, 3.8) is 0 Å². The van der Waals surface area contributed by atoms with Gasteiger partial charge in [-0.05, 0) is 55.1 Å². The van der Waals surface area contributed by atoms with Crippen molar-refractivity contribution < 1.29 is 18.7 Å². The molecular formula is C24H26ClN3O4. The number of anilines is 1. The van der Waals surface area contributed by atoms with Crippen LogP contribution in [0.1, 0.15) is 12.7 Å². The molecule has 2 amide bonds. The summed E-state index contributed by atoms with van der Waals surface area (Å²) in [7, 11) is 1.55. The predicted molar refractivity (Wildman–Crippen MR) is 125 cm³/mol. The zero-order valence-corrected chi connectivity index (χ0v) is 18.8. The van der Waals surface area contributed by atoms with Crippen LogP contribution in [0.4, 0.5) is 5.69 Å². The van der Waals surface area contributed by atoms with Gasteiger partial charge in [0.15, 0.2) is 0 Å². The topological polar surface area (TPSA) is 83.8 Å². The van der Waals surface area contributed by atoms with Gasteiger partial charge in [-0.2, -0.15) is 0 Å². The number of halogens is 1. The fraction of sp³-hybridized carbons (Fsp3) is 0.250. The summed E-state index contributed by atoms with van der Waals surface area (Å²) in [5.41, 5.74) is 1.50. The van der Waals surface area contributed by atoms with Crippen molar-refractivity contribution in [1.29, 1.82) is 0 Å². The van der Waals surface area contributed by atoms with Gasteiger partial charge in [0.05, 0.1) is 32.4 Å². The van der Waals surface area contributed by atoms with E-state index in [0.717, 1.165) is 5.56 Å². The van der Waals surface area contributed by atoms with Crippen LogP contribution in [0, 0.1) is 0 Å². The standard InChI is InChI=1S/C24H26ClN3O4/c1-3-28(16-24(30)27-20-6-4-5-7-22(20)31-2)15-23(29)26-14-19-12-13-21(32-19)17-8-10-18(25)11-9-17/h4-13H,3,14-16H2,1-2H3,(H,26,29)(H,27,30). The van der Waals surface area contributed by atoms with Crippen LogP contribution in [0.5, 0.6) is 5.75 Å². The number of hydrogen-bond acceptors (Lipinski definition) is 5. The maximum absolute atomic E-state index is 12.4. The van der Waals surface area contributed by atoms with E-state index in [-0.39, 0.29) is 31.4 Å². The number of nitrogens with zero attached hydrogens (tertiary/aromatic N) is 1. The van der Waals surface area contributed by atoms with E-state index in [1.54, 1.807) is 36.3 Å². The highest BCUT2D eigenvalue weighted by atomic mass is 35.5. The van der Waals surface area contributed by atoms with Crippen molar-refractivity contribution in [2.75, 3.05) is 32.1 Å². The molecule has 2 N–H and O–H groups in total. The van der Waals surface area contributed by atoms with Gasteiger partial charge in [0.1, 0.15) is 17.3 Å². The summed E-state index contributed by atoms with van der Waals surface area (Å²) in [4.78, 5) is 26.5. The second kappa shape index (κ2) is 11.4. The Balaban J connectivity index is 1.48. The number of carbonyl (C=O) groups is 2. The number of ether oxygens (including phenoxy) is 1. The second-order valence-corrected chi connectivity index (χ2v) is 7.54. The molecule has 0 fully saturated rings. The van der Waals surface area contributed by atoms with Gasteiger partial charge in [-0.3, -0.25) is 14.5 Å². The van der Waals surface area contributed by atoms with Crippen molar-refractivity contribution >= 4 is 29.1 Å². The average Bonchev–Trinajstić information content (AvgIpc) is 3.27. The molecule has 168 valence electrons. The molecule has 0 saturated heterocycles. The molecule has 1 aromatic heterocycles. The van der Waals surface area contributed by atoms with Gasteiger partial charge in [0.2, 0.25) is 11.8 Å². The first-order valence-electron chi connectivity index (χ1n) is 10.2. The Morgan fingerprint density at radius 1 is 1.00 bits per heavy atom. The van der Waals surface area contributed by atoms with Crippen LogP contribution < -0.4 is 15.4 Å². The summed E-state index contributed by atoms with van der Waals surface area (Å²) >= 11 is 5.92. The van der Waals surface area contributed by atoms with Gasteiger partial charge in [0, 0.05) is 10.6 Å². The lowest BCUT2D eigenvalue weighted by atomic mass is 10.2. The lowest BCUT2D eigenvalue weighted by molar-refractivity contribution is -0.123. The first-order chi connectivity index (χ1) is 15.5. The first-order valence-corrected chi connectivity index (χ1v) is 10.6. The number of carbonyl (C=O) groups excluding carboxylic acids is 2. The Kier molecular flexibility index (Phi) is 8.30. The summed E-state index contributed by atoms with van der Waals surface area (Å²) in [6.45, 7) is 2.89. The minimum Gasteiger partial charge on any atom is -0.495 e. The van der Waals surface area contributed by atoms with Crippen molar-refractivity contribution in [1.82, 2.24) is 10.2 Å². The summed E-state index contributed by atoms with van der Waals surface area (Å²) in [5, 5.41) is 6.31. The number of furan rings is 1. The van der Waals surface area contributed by atoms with E-state index >= 15 is 0 Å². The lowest BCUT2D eigenvalue weighted by Gasteiger charge is -2.19. The molecule has 0 radical (unpaired) electrons. The van der Waals surface area contributed by atoms with Crippen molar-refractivity contribution in [3.05, 3.63) is 71.4 Å². The Bertz CT molecular complexity index is 1050. The minimum atomic E-state index is -0.220. The van der Waals surface area contributed by atoms with Crippen molar-refractivity contribution in [2.24, 2.45) is 0 Å². The van der Waals surface area contributed by atoms with E-state index in [2.05, 4.69) is 10.6 Å². The lowest BCUT2D eigenvalue weighted by Crippen LogP contribution is -2.40. The summed E-state index contributed by atoms with van der Waals surface area (Å²) in [6.07, 6.45) is 0. The van der Waals surface area contributed by atoms with Gasteiger partial charge in [-0.15, -0.1) is 0 Å². The molecule has 3 rings (SSSR count). The third-order valence-electron chi connectivity index (χ3n) is 4.81. The summed E-state index contributed by atoms with van der Waals surface area (Å²) in [5.74, 6) is 1.51. The molecular weight excluding hydrogens is 430 g/mol. The third-order valence-corrected chi connectivity index (χ3v) is 5.06. The second-order valence-electron chi connectivity index (χ2n) is 7.10. The van der Waals surface area contributed by atoms with Crippen LogP contribution in [-0.4, -0.2) is 43.5 Å². The fourth-order valence-electron chi connectivity index (χ4n) is 3.11. The van der Waals surface area contributed by atoms with E-state index in [1.807, 2.05) is 43.3 Å². The molecule has 0 unspecified atom stereocenters. The van der Waals surface area contributed by atoms with E-state index < -0.39 is 0 Å². The number of benzene rings is 2. The molecule has 7 nitrogen and oxygen atoms in total. The number of hydrogen-bond donors (Lipinski definition) is 2. The summed E-state index contributed by atoms with van der Waals surface area (Å²) < 4.78 is 11.0. The van der Waals surface area contributed by atoms with Crippen molar-refractivity contribution in [3.8, 4) is 17.1 Å². The summed E-state index contributed by atoms with van der Waals surface area (Å²) in [6, 6.07) is 18.2.